The van der Waals surface area contributed by atoms with Gasteiger partial charge in [0, 0.05) is 19.1 Å². The Hall–Kier alpha value is -0.370. The number of halogens is 1. The predicted molar refractivity (Wildman–Crippen MR) is 89.7 cm³/mol. The molecular weight excluding hydrogens is 326 g/mol. The number of sulfonamides is 1. The summed E-state index contributed by atoms with van der Waals surface area (Å²) in [5.74, 6) is 0.0272. The van der Waals surface area contributed by atoms with E-state index in [2.05, 4.69) is 10.6 Å². The van der Waals surface area contributed by atoms with Gasteiger partial charge >= 0.3 is 0 Å². The molecule has 8 heteroatoms. The van der Waals surface area contributed by atoms with Crippen LogP contribution in [0.5, 0.6) is 0 Å². The number of hydrogen-bond acceptors (Lipinski definition) is 4. The van der Waals surface area contributed by atoms with Crippen LogP contribution in [0.25, 0.3) is 0 Å². The molecule has 0 spiro atoms. The summed E-state index contributed by atoms with van der Waals surface area (Å²) in [6.45, 7) is 4.22. The molecule has 2 rings (SSSR count). The van der Waals surface area contributed by atoms with E-state index in [1.54, 1.807) is 0 Å². The number of nitrogens with zero attached hydrogens (tertiary/aromatic N) is 1. The second kappa shape index (κ2) is 9.05. The van der Waals surface area contributed by atoms with Gasteiger partial charge in [-0.1, -0.05) is 13.3 Å². The Morgan fingerprint density at radius 1 is 1.32 bits per heavy atom. The molecule has 2 saturated heterocycles. The average Bonchev–Trinajstić information content (AvgIpc) is 2.97. The Morgan fingerprint density at radius 3 is 2.73 bits per heavy atom. The highest BCUT2D eigenvalue weighted by Gasteiger charge is 2.38. The SMILES string of the molecule is CCCCS(=O)(=O)N1CCCC1C(=O)NC1CCCNC1.Cl. The number of hydrogen-bond donors (Lipinski definition) is 2. The molecule has 0 aromatic heterocycles. The molecule has 0 saturated carbocycles. The van der Waals surface area contributed by atoms with Crippen molar-refractivity contribution >= 4 is 28.3 Å². The number of nitrogens with one attached hydrogen (secondary N) is 2. The van der Waals surface area contributed by atoms with Gasteiger partial charge in [-0.15, -0.1) is 12.4 Å². The zero-order valence-corrected chi connectivity index (χ0v) is 14.8. The van der Waals surface area contributed by atoms with Crippen molar-refractivity contribution in [3.05, 3.63) is 0 Å². The van der Waals surface area contributed by atoms with E-state index in [4.69, 9.17) is 0 Å². The highest BCUT2D eigenvalue weighted by atomic mass is 35.5. The lowest BCUT2D eigenvalue weighted by Crippen LogP contribution is -2.52. The van der Waals surface area contributed by atoms with Gasteiger partial charge in [-0.3, -0.25) is 4.79 Å². The first-order valence-electron chi connectivity index (χ1n) is 8.05. The van der Waals surface area contributed by atoms with Crippen LogP contribution in [0.2, 0.25) is 0 Å². The molecule has 0 aromatic rings. The number of carbonyl (C=O) groups is 1. The van der Waals surface area contributed by atoms with Crippen molar-refractivity contribution in [3.8, 4) is 0 Å². The van der Waals surface area contributed by atoms with Gasteiger partial charge in [0.2, 0.25) is 15.9 Å². The molecule has 2 N–H and O–H groups in total. The summed E-state index contributed by atoms with van der Waals surface area (Å²) in [6.07, 6.45) is 4.92. The Kier molecular flexibility index (Phi) is 8.10. The zero-order valence-electron chi connectivity index (χ0n) is 13.2. The number of rotatable bonds is 6. The first-order chi connectivity index (χ1) is 10.0. The van der Waals surface area contributed by atoms with Gasteiger partial charge in [-0.05, 0) is 38.6 Å². The summed E-state index contributed by atoms with van der Waals surface area (Å²) in [6, 6.07) is -0.374. The topological polar surface area (TPSA) is 78.5 Å². The quantitative estimate of drug-likeness (QED) is 0.742. The predicted octanol–water partition coefficient (Wildman–Crippen LogP) is 0.871. The van der Waals surface area contributed by atoms with Crippen molar-refractivity contribution in [1.29, 1.82) is 0 Å². The first-order valence-corrected chi connectivity index (χ1v) is 9.66. The van der Waals surface area contributed by atoms with Crippen LogP contribution in [0.4, 0.5) is 0 Å². The van der Waals surface area contributed by atoms with Crippen molar-refractivity contribution in [2.45, 2.75) is 57.5 Å². The molecule has 22 heavy (non-hydrogen) atoms. The first kappa shape index (κ1) is 19.7. The molecule has 2 unspecified atom stereocenters. The zero-order chi connectivity index (χ0) is 15.3. The van der Waals surface area contributed by atoms with Crippen LogP contribution in [0.3, 0.4) is 0 Å². The molecule has 2 atom stereocenters. The fourth-order valence-electron chi connectivity index (χ4n) is 3.05. The summed E-state index contributed by atoms with van der Waals surface area (Å²) >= 11 is 0. The Balaban J connectivity index is 0.00000242. The highest BCUT2D eigenvalue weighted by molar-refractivity contribution is 7.89. The summed E-state index contributed by atoms with van der Waals surface area (Å²) < 4.78 is 26.1. The molecule has 0 bridgehead atoms. The molecule has 130 valence electrons. The Labute approximate surface area is 139 Å². The lowest BCUT2D eigenvalue weighted by Gasteiger charge is -2.28. The number of piperidine rings is 1. The van der Waals surface area contributed by atoms with Gasteiger partial charge in [0.15, 0.2) is 0 Å². The van der Waals surface area contributed by atoms with Gasteiger partial charge < -0.3 is 10.6 Å². The molecule has 2 heterocycles. The molecule has 2 aliphatic heterocycles. The minimum absolute atomic E-state index is 0. The minimum Gasteiger partial charge on any atom is -0.351 e. The molecule has 0 radical (unpaired) electrons. The van der Waals surface area contributed by atoms with E-state index >= 15 is 0 Å². The van der Waals surface area contributed by atoms with Crippen molar-refractivity contribution in [3.63, 3.8) is 0 Å². The largest absolute Gasteiger partial charge is 0.351 e. The number of unbranched alkanes of at least 4 members (excludes halogenated alkanes) is 1. The molecule has 0 aliphatic carbocycles. The van der Waals surface area contributed by atoms with E-state index < -0.39 is 16.1 Å². The molecule has 0 aromatic carbocycles. The Bertz CT molecular complexity index is 452. The van der Waals surface area contributed by atoms with E-state index in [1.807, 2.05) is 6.92 Å². The number of amides is 1. The van der Waals surface area contributed by atoms with Crippen LogP contribution >= 0.6 is 12.4 Å². The second-order valence-electron chi connectivity index (χ2n) is 5.99. The van der Waals surface area contributed by atoms with Crippen molar-refractivity contribution in [2.75, 3.05) is 25.4 Å². The van der Waals surface area contributed by atoms with E-state index in [9.17, 15) is 13.2 Å². The van der Waals surface area contributed by atoms with Crippen LogP contribution in [0, 0.1) is 0 Å². The lowest BCUT2D eigenvalue weighted by atomic mass is 10.1. The highest BCUT2D eigenvalue weighted by Crippen LogP contribution is 2.22. The maximum atomic E-state index is 12.4. The second-order valence-corrected chi connectivity index (χ2v) is 8.03. The van der Waals surface area contributed by atoms with Crippen molar-refractivity contribution < 1.29 is 13.2 Å². The maximum absolute atomic E-state index is 12.4. The summed E-state index contributed by atoms with van der Waals surface area (Å²) in [4.78, 5) is 12.4. The van der Waals surface area contributed by atoms with E-state index in [-0.39, 0.29) is 30.1 Å². The smallest absolute Gasteiger partial charge is 0.238 e. The monoisotopic (exact) mass is 353 g/mol. The van der Waals surface area contributed by atoms with Gasteiger partial charge in [0.1, 0.15) is 6.04 Å². The lowest BCUT2D eigenvalue weighted by molar-refractivity contribution is -0.125. The van der Waals surface area contributed by atoms with Crippen LogP contribution in [0.1, 0.15) is 45.4 Å². The standard InChI is InChI=1S/C14H27N3O3S.ClH/c1-2-3-10-21(19,20)17-9-5-7-13(17)14(18)16-12-6-4-8-15-11-12;/h12-13,15H,2-11H2,1H3,(H,16,18);1H. The Morgan fingerprint density at radius 2 is 2.09 bits per heavy atom. The molecular formula is C14H28ClN3O3S. The molecule has 2 aliphatic rings. The summed E-state index contributed by atoms with van der Waals surface area (Å²) in [7, 11) is -3.30. The molecule has 2 fully saturated rings. The van der Waals surface area contributed by atoms with Crippen LogP contribution in [-0.4, -0.2) is 56.1 Å². The third-order valence-corrected chi connectivity index (χ3v) is 6.22. The van der Waals surface area contributed by atoms with Gasteiger partial charge in [-0.25, -0.2) is 8.42 Å². The van der Waals surface area contributed by atoms with E-state index in [1.165, 1.54) is 4.31 Å². The normalized spacial score (nSPS) is 26.4. The average molecular weight is 354 g/mol. The van der Waals surface area contributed by atoms with Crippen molar-refractivity contribution in [1.82, 2.24) is 14.9 Å². The van der Waals surface area contributed by atoms with Crippen LogP contribution in [-0.2, 0) is 14.8 Å². The van der Waals surface area contributed by atoms with Crippen molar-refractivity contribution in [2.24, 2.45) is 0 Å². The van der Waals surface area contributed by atoms with E-state index in [0.29, 0.717) is 19.4 Å². The van der Waals surface area contributed by atoms with Gasteiger partial charge in [0.05, 0.1) is 5.75 Å². The summed E-state index contributed by atoms with van der Waals surface area (Å²) in [5.41, 5.74) is 0. The molecule has 6 nitrogen and oxygen atoms in total. The minimum atomic E-state index is -3.30. The summed E-state index contributed by atoms with van der Waals surface area (Å²) in [5, 5.41) is 6.26. The van der Waals surface area contributed by atoms with E-state index in [0.717, 1.165) is 38.8 Å². The third-order valence-electron chi connectivity index (χ3n) is 4.26. The fourth-order valence-corrected chi connectivity index (χ4v) is 4.94. The number of carbonyl (C=O) groups excluding carboxylic acids is 1. The third kappa shape index (κ3) is 5.08. The van der Waals surface area contributed by atoms with Gasteiger partial charge in [-0.2, -0.15) is 4.31 Å². The van der Waals surface area contributed by atoms with Crippen LogP contribution < -0.4 is 10.6 Å². The van der Waals surface area contributed by atoms with Crippen LogP contribution in [0.15, 0.2) is 0 Å². The van der Waals surface area contributed by atoms with Gasteiger partial charge in [0.25, 0.3) is 0 Å². The maximum Gasteiger partial charge on any atom is 0.238 e. The fraction of sp³-hybridized carbons (Fsp3) is 0.929. The molecule has 1 amide bonds.